The van der Waals surface area contributed by atoms with E-state index in [0.717, 1.165) is 10.2 Å². The molecule has 0 bridgehead atoms. The van der Waals surface area contributed by atoms with Crippen molar-refractivity contribution in [1.29, 1.82) is 0 Å². The predicted octanol–water partition coefficient (Wildman–Crippen LogP) is 2.62. The van der Waals surface area contributed by atoms with E-state index in [1.165, 1.54) is 0 Å². The highest BCUT2D eigenvalue weighted by Gasteiger charge is 2.18. The third kappa shape index (κ3) is 2.52. The number of nitrogens with zero attached hydrogens (tertiary/aromatic N) is 2. The van der Waals surface area contributed by atoms with Crippen molar-refractivity contribution in [3.63, 3.8) is 0 Å². The minimum atomic E-state index is -0.454. The highest BCUT2D eigenvalue weighted by Crippen LogP contribution is 2.27. The molecule has 1 N–H and O–H groups in total. The van der Waals surface area contributed by atoms with Gasteiger partial charge in [0.25, 0.3) is 0 Å². The maximum atomic E-state index is 9.91. The second kappa shape index (κ2) is 5.19. The summed E-state index contributed by atoms with van der Waals surface area (Å²) in [7, 11) is 0. The molecular formula is C9H15BrN2OS. The molecule has 0 fully saturated rings. The number of rotatable bonds is 4. The van der Waals surface area contributed by atoms with Crippen molar-refractivity contribution in [3.8, 4) is 0 Å². The topological polar surface area (TPSA) is 38.1 Å². The molecule has 14 heavy (non-hydrogen) atoms. The summed E-state index contributed by atoms with van der Waals surface area (Å²) < 4.78 is 2.73. The lowest BCUT2D eigenvalue weighted by molar-refractivity contribution is 0.188. The van der Waals surface area contributed by atoms with Crippen LogP contribution >= 0.6 is 27.7 Å². The molecule has 0 radical (unpaired) electrons. The smallest absolute Gasteiger partial charge is 0.106 e. The normalized spacial score (nSPS) is 13.6. The van der Waals surface area contributed by atoms with Gasteiger partial charge < -0.3 is 5.11 Å². The first-order valence-corrected chi connectivity index (χ1v) is 6.66. The van der Waals surface area contributed by atoms with Crippen molar-refractivity contribution in [3.05, 3.63) is 16.4 Å². The molecule has 0 saturated carbocycles. The molecule has 0 spiro atoms. The third-order valence-corrected chi connectivity index (χ3v) is 3.18. The van der Waals surface area contributed by atoms with Crippen LogP contribution in [-0.2, 0) is 0 Å². The first-order valence-electron chi connectivity index (χ1n) is 4.47. The highest BCUT2D eigenvalue weighted by molar-refractivity contribution is 9.10. The molecule has 0 saturated heterocycles. The van der Waals surface area contributed by atoms with Crippen LogP contribution in [0.25, 0.3) is 0 Å². The Hall–Kier alpha value is 0. The van der Waals surface area contributed by atoms with Crippen molar-refractivity contribution in [2.75, 3.05) is 12.0 Å². The molecule has 0 aromatic carbocycles. The monoisotopic (exact) mass is 278 g/mol. The van der Waals surface area contributed by atoms with E-state index in [1.807, 2.05) is 10.9 Å². The van der Waals surface area contributed by atoms with Crippen molar-refractivity contribution < 1.29 is 5.11 Å². The molecule has 0 aliphatic heterocycles. The van der Waals surface area contributed by atoms with Crippen LogP contribution in [-0.4, -0.2) is 26.9 Å². The van der Waals surface area contributed by atoms with Crippen LogP contribution in [0.5, 0.6) is 0 Å². The van der Waals surface area contributed by atoms with E-state index in [9.17, 15) is 5.11 Å². The molecule has 1 rings (SSSR count). The van der Waals surface area contributed by atoms with Gasteiger partial charge in [0.05, 0.1) is 16.4 Å². The van der Waals surface area contributed by atoms with Crippen LogP contribution in [0.1, 0.15) is 31.7 Å². The Balaban J connectivity index is 2.98. The molecule has 5 heteroatoms. The lowest BCUT2D eigenvalue weighted by Gasteiger charge is -2.15. The summed E-state index contributed by atoms with van der Waals surface area (Å²) in [5.41, 5.74) is 0.870. The summed E-state index contributed by atoms with van der Waals surface area (Å²) in [6.45, 7) is 4.10. The standard InChI is InChI=1S/C9H15BrN2OS/c1-6(2)12-9(7(10)4-11-12)8(13)5-14-3/h4,6,8,13H,5H2,1-3H3. The minimum Gasteiger partial charge on any atom is -0.386 e. The number of thioether (sulfide) groups is 1. The summed E-state index contributed by atoms with van der Waals surface area (Å²) in [6, 6.07) is 0.271. The van der Waals surface area contributed by atoms with Gasteiger partial charge in [-0.25, -0.2) is 0 Å². The quantitative estimate of drug-likeness (QED) is 0.920. The van der Waals surface area contributed by atoms with E-state index < -0.39 is 6.10 Å². The zero-order valence-corrected chi connectivity index (χ0v) is 11.0. The number of aliphatic hydroxyl groups is 1. The largest absolute Gasteiger partial charge is 0.386 e. The molecule has 3 nitrogen and oxygen atoms in total. The molecule has 1 unspecified atom stereocenters. The summed E-state index contributed by atoms with van der Waals surface area (Å²) in [6.07, 6.45) is 3.26. The third-order valence-electron chi connectivity index (χ3n) is 1.92. The van der Waals surface area contributed by atoms with E-state index in [0.29, 0.717) is 5.75 Å². The minimum absolute atomic E-state index is 0.271. The molecule has 1 atom stereocenters. The SMILES string of the molecule is CSCC(O)c1c(Br)cnn1C(C)C. The van der Waals surface area contributed by atoms with Gasteiger partial charge in [-0.3, -0.25) is 4.68 Å². The Morgan fingerprint density at radius 1 is 1.64 bits per heavy atom. The van der Waals surface area contributed by atoms with Gasteiger partial charge in [0, 0.05) is 11.8 Å². The van der Waals surface area contributed by atoms with Crippen LogP contribution in [0.15, 0.2) is 10.7 Å². The summed E-state index contributed by atoms with van der Waals surface area (Å²) >= 11 is 5.03. The summed E-state index contributed by atoms with van der Waals surface area (Å²) in [5, 5.41) is 14.1. The zero-order valence-electron chi connectivity index (χ0n) is 8.57. The van der Waals surface area contributed by atoms with Crippen LogP contribution in [0.4, 0.5) is 0 Å². The maximum Gasteiger partial charge on any atom is 0.106 e. The average molecular weight is 279 g/mol. The maximum absolute atomic E-state index is 9.91. The van der Waals surface area contributed by atoms with Crippen molar-refractivity contribution >= 4 is 27.7 Å². The van der Waals surface area contributed by atoms with E-state index in [2.05, 4.69) is 34.9 Å². The van der Waals surface area contributed by atoms with E-state index in [-0.39, 0.29) is 6.04 Å². The lowest BCUT2D eigenvalue weighted by Crippen LogP contribution is -2.13. The van der Waals surface area contributed by atoms with E-state index >= 15 is 0 Å². The van der Waals surface area contributed by atoms with Crippen LogP contribution in [0.2, 0.25) is 0 Å². The Kier molecular flexibility index (Phi) is 4.47. The molecule has 1 aromatic heterocycles. The van der Waals surface area contributed by atoms with Crippen LogP contribution in [0.3, 0.4) is 0 Å². The molecule has 0 aliphatic carbocycles. The lowest BCUT2D eigenvalue weighted by atomic mass is 10.2. The van der Waals surface area contributed by atoms with Crippen LogP contribution in [0, 0.1) is 0 Å². The fourth-order valence-corrected chi connectivity index (χ4v) is 2.32. The van der Waals surface area contributed by atoms with Gasteiger partial charge in [-0.15, -0.1) is 0 Å². The number of aliphatic hydroxyl groups excluding tert-OH is 1. The van der Waals surface area contributed by atoms with E-state index in [1.54, 1.807) is 18.0 Å². The van der Waals surface area contributed by atoms with Crippen LogP contribution < -0.4 is 0 Å². The molecule has 1 aromatic rings. The number of aromatic nitrogens is 2. The van der Waals surface area contributed by atoms with Gasteiger partial charge in [0.2, 0.25) is 0 Å². The van der Waals surface area contributed by atoms with Gasteiger partial charge in [0.1, 0.15) is 6.10 Å². The molecule has 1 heterocycles. The Labute approximate surface area is 97.0 Å². The highest BCUT2D eigenvalue weighted by atomic mass is 79.9. The molecular weight excluding hydrogens is 264 g/mol. The van der Waals surface area contributed by atoms with Gasteiger partial charge in [0.15, 0.2) is 0 Å². The zero-order chi connectivity index (χ0) is 10.7. The van der Waals surface area contributed by atoms with Crippen molar-refractivity contribution in [1.82, 2.24) is 9.78 Å². The van der Waals surface area contributed by atoms with Gasteiger partial charge in [-0.1, -0.05) is 0 Å². The van der Waals surface area contributed by atoms with Gasteiger partial charge in [-0.05, 0) is 36.0 Å². The van der Waals surface area contributed by atoms with E-state index in [4.69, 9.17) is 0 Å². The first-order chi connectivity index (χ1) is 6.57. The molecule has 0 aliphatic rings. The number of hydrogen-bond donors (Lipinski definition) is 1. The summed E-state index contributed by atoms with van der Waals surface area (Å²) in [4.78, 5) is 0. The fraction of sp³-hybridized carbons (Fsp3) is 0.667. The summed E-state index contributed by atoms with van der Waals surface area (Å²) in [5.74, 6) is 0.691. The number of halogens is 1. The van der Waals surface area contributed by atoms with Gasteiger partial charge in [-0.2, -0.15) is 16.9 Å². The van der Waals surface area contributed by atoms with Crippen molar-refractivity contribution in [2.45, 2.75) is 26.0 Å². The fourth-order valence-electron chi connectivity index (χ4n) is 1.31. The Bertz CT molecular complexity index is 301. The predicted molar refractivity (Wildman–Crippen MR) is 63.7 cm³/mol. The Morgan fingerprint density at radius 3 is 2.79 bits per heavy atom. The second-order valence-electron chi connectivity index (χ2n) is 3.39. The number of hydrogen-bond acceptors (Lipinski definition) is 3. The Morgan fingerprint density at radius 2 is 2.29 bits per heavy atom. The molecule has 80 valence electrons. The second-order valence-corrected chi connectivity index (χ2v) is 5.15. The molecule has 0 amide bonds. The average Bonchev–Trinajstić information content (AvgIpc) is 2.47. The first kappa shape index (κ1) is 12.1. The van der Waals surface area contributed by atoms with Gasteiger partial charge >= 0.3 is 0 Å². The van der Waals surface area contributed by atoms with Crippen molar-refractivity contribution in [2.24, 2.45) is 0 Å².